The van der Waals surface area contributed by atoms with Gasteiger partial charge < -0.3 is 5.11 Å². The molecule has 0 spiro atoms. The van der Waals surface area contributed by atoms with Gasteiger partial charge in [0.25, 0.3) is 0 Å². The lowest BCUT2D eigenvalue weighted by Gasteiger charge is -2.28. The largest absolute Gasteiger partial charge is 0.481 e. The average molecular weight is 221 g/mol. The maximum absolute atomic E-state index is 10.9. The Bertz CT molecular complexity index is 320. The molecule has 0 bridgehead atoms. The highest BCUT2D eigenvalue weighted by Gasteiger charge is 2.20. The highest BCUT2D eigenvalue weighted by Crippen LogP contribution is 2.23. The lowest BCUT2D eigenvalue weighted by Crippen LogP contribution is -2.30. The number of hydrogen-bond donors (Lipinski definition) is 1. The Morgan fingerprint density at radius 2 is 1.81 bits per heavy atom. The minimum atomic E-state index is -0.749. The number of carboxylic acids is 1. The van der Waals surface area contributed by atoms with Crippen LogP contribution in [0.25, 0.3) is 0 Å². The summed E-state index contributed by atoms with van der Waals surface area (Å²) in [7, 11) is 0. The zero-order chi connectivity index (χ0) is 12.0. The van der Waals surface area contributed by atoms with Crippen molar-refractivity contribution in [3.05, 3.63) is 35.9 Å². The monoisotopic (exact) mass is 221 g/mol. The third-order valence-electron chi connectivity index (χ3n) is 2.81. The van der Waals surface area contributed by atoms with Crippen molar-refractivity contribution in [3.8, 4) is 0 Å². The van der Waals surface area contributed by atoms with E-state index in [0.29, 0.717) is 0 Å². The van der Waals surface area contributed by atoms with Gasteiger partial charge in [0.2, 0.25) is 0 Å². The highest BCUT2D eigenvalue weighted by atomic mass is 16.4. The molecule has 1 aromatic rings. The van der Waals surface area contributed by atoms with Gasteiger partial charge in [-0.15, -0.1) is 0 Å². The summed E-state index contributed by atoms with van der Waals surface area (Å²) in [5, 5.41) is 8.96. The van der Waals surface area contributed by atoms with Crippen molar-refractivity contribution in [2.75, 3.05) is 13.1 Å². The number of benzene rings is 1. The number of carboxylic acid groups (broad SMARTS) is 1. The summed E-state index contributed by atoms with van der Waals surface area (Å²) in [4.78, 5) is 13.1. The van der Waals surface area contributed by atoms with E-state index in [2.05, 4.69) is 18.7 Å². The Morgan fingerprint density at radius 3 is 2.25 bits per heavy atom. The number of hydrogen-bond acceptors (Lipinski definition) is 2. The summed E-state index contributed by atoms with van der Waals surface area (Å²) >= 11 is 0. The number of aliphatic carboxylic acids is 1. The molecular formula is C13H19NO2. The summed E-state index contributed by atoms with van der Waals surface area (Å²) in [5.74, 6) is -0.749. The van der Waals surface area contributed by atoms with E-state index in [1.165, 1.54) is 0 Å². The van der Waals surface area contributed by atoms with Crippen LogP contribution >= 0.6 is 0 Å². The molecule has 0 fully saturated rings. The number of carbonyl (C=O) groups is 1. The van der Waals surface area contributed by atoms with E-state index < -0.39 is 5.97 Å². The Morgan fingerprint density at radius 1 is 1.25 bits per heavy atom. The van der Waals surface area contributed by atoms with Gasteiger partial charge in [-0.1, -0.05) is 44.2 Å². The van der Waals surface area contributed by atoms with Crippen molar-refractivity contribution in [3.63, 3.8) is 0 Å². The van der Waals surface area contributed by atoms with Crippen LogP contribution in [0.15, 0.2) is 30.3 Å². The number of nitrogens with zero attached hydrogens (tertiary/aromatic N) is 1. The van der Waals surface area contributed by atoms with Gasteiger partial charge in [0.15, 0.2) is 0 Å². The Kier molecular flexibility index (Phi) is 4.99. The molecule has 0 saturated heterocycles. The third-order valence-corrected chi connectivity index (χ3v) is 2.81. The van der Waals surface area contributed by atoms with Crippen LogP contribution < -0.4 is 0 Å². The average Bonchev–Trinajstić information content (AvgIpc) is 2.30. The Labute approximate surface area is 96.7 Å². The van der Waals surface area contributed by atoms with Crippen molar-refractivity contribution in [1.82, 2.24) is 4.90 Å². The van der Waals surface area contributed by atoms with Gasteiger partial charge >= 0.3 is 5.97 Å². The topological polar surface area (TPSA) is 40.5 Å². The van der Waals surface area contributed by atoms with Crippen LogP contribution in [0.2, 0.25) is 0 Å². The number of rotatable bonds is 6. The fourth-order valence-electron chi connectivity index (χ4n) is 1.96. The summed E-state index contributed by atoms with van der Waals surface area (Å²) in [5.41, 5.74) is 1.08. The molecule has 16 heavy (non-hydrogen) atoms. The fourth-order valence-corrected chi connectivity index (χ4v) is 1.96. The summed E-state index contributed by atoms with van der Waals surface area (Å²) < 4.78 is 0. The lowest BCUT2D eigenvalue weighted by atomic mass is 10.0. The molecular weight excluding hydrogens is 202 g/mol. The summed E-state index contributed by atoms with van der Waals surface area (Å²) in [6.07, 6.45) is 0.158. The Balaban J connectivity index is 2.90. The van der Waals surface area contributed by atoms with Gasteiger partial charge in [0.1, 0.15) is 0 Å². The molecule has 88 valence electrons. The zero-order valence-corrected chi connectivity index (χ0v) is 9.89. The summed E-state index contributed by atoms with van der Waals surface area (Å²) in [6, 6.07) is 9.82. The van der Waals surface area contributed by atoms with Crippen molar-refractivity contribution in [1.29, 1.82) is 0 Å². The molecule has 0 heterocycles. The van der Waals surface area contributed by atoms with Gasteiger partial charge in [0, 0.05) is 6.04 Å². The molecule has 0 saturated carbocycles. The van der Waals surface area contributed by atoms with Crippen LogP contribution in [0.1, 0.15) is 31.9 Å². The first kappa shape index (κ1) is 12.7. The van der Waals surface area contributed by atoms with E-state index >= 15 is 0 Å². The first-order valence-electron chi connectivity index (χ1n) is 5.69. The second-order valence-electron chi connectivity index (χ2n) is 3.75. The molecule has 0 aliphatic rings. The van der Waals surface area contributed by atoms with E-state index in [9.17, 15) is 4.79 Å². The van der Waals surface area contributed by atoms with Crippen LogP contribution in [-0.2, 0) is 4.79 Å². The van der Waals surface area contributed by atoms with E-state index in [-0.39, 0.29) is 12.5 Å². The quantitative estimate of drug-likeness (QED) is 0.802. The van der Waals surface area contributed by atoms with Crippen LogP contribution in [0, 0.1) is 0 Å². The molecule has 0 radical (unpaired) electrons. The van der Waals surface area contributed by atoms with E-state index in [1.54, 1.807) is 0 Å². The predicted octanol–water partition coefficient (Wildman–Crippen LogP) is 2.54. The predicted molar refractivity (Wildman–Crippen MR) is 64.4 cm³/mol. The first-order valence-corrected chi connectivity index (χ1v) is 5.69. The van der Waals surface area contributed by atoms with Crippen LogP contribution in [-0.4, -0.2) is 29.1 Å². The van der Waals surface area contributed by atoms with Crippen molar-refractivity contribution >= 4 is 5.97 Å². The Hall–Kier alpha value is -1.35. The molecule has 1 rings (SSSR count). The molecule has 1 aromatic carbocycles. The van der Waals surface area contributed by atoms with E-state index in [0.717, 1.165) is 18.7 Å². The highest BCUT2D eigenvalue weighted by molar-refractivity contribution is 5.67. The molecule has 1 atom stereocenters. The lowest BCUT2D eigenvalue weighted by molar-refractivity contribution is -0.138. The summed E-state index contributed by atoms with van der Waals surface area (Å²) in [6.45, 7) is 5.84. The third kappa shape index (κ3) is 3.35. The van der Waals surface area contributed by atoms with Crippen molar-refractivity contribution in [2.45, 2.75) is 26.3 Å². The van der Waals surface area contributed by atoms with Crippen LogP contribution in [0.3, 0.4) is 0 Å². The molecule has 0 aromatic heterocycles. The van der Waals surface area contributed by atoms with Gasteiger partial charge in [-0.2, -0.15) is 0 Å². The van der Waals surface area contributed by atoms with Gasteiger partial charge in [-0.05, 0) is 18.7 Å². The van der Waals surface area contributed by atoms with E-state index in [1.807, 2.05) is 30.3 Å². The molecule has 0 aliphatic carbocycles. The molecule has 3 heteroatoms. The second kappa shape index (κ2) is 6.28. The van der Waals surface area contributed by atoms with Crippen molar-refractivity contribution < 1.29 is 9.90 Å². The van der Waals surface area contributed by atoms with Gasteiger partial charge in [-0.25, -0.2) is 0 Å². The minimum Gasteiger partial charge on any atom is -0.481 e. The van der Waals surface area contributed by atoms with Crippen molar-refractivity contribution in [2.24, 2.45) is 0 Å². The maximum Gasteiger partial charge on any atom is 0.305 e. The molecule has 1 unspecified atom stereocenters. The van der Waals surface area contributed by atoms with Crippen LogP contribution in [0.5, 0.6) is 0 Å². The molecule has 1 N–H and O–H groups in total. The normalized spacial score (nSPS) is 12.7. The smallest absolute Gasteiger partial charge is 0.305 e. The van der Waals surface area contributed by atoms with Gasteiger partial charge in [-0.3, -0.25) is 9.69 Å². The first-order chi connectivity index (χ1) is 7.69. The van der Waals surface area contributed by atoms with Crippen LogP contribution in [0.4, 0.5) is 0 Å². The maximum atomic E-state index is 10.9. The van der Waals surface area contributed by atoms with E-state index in [4.69, 9.17) is 5.11 Å². The zero-order valence-electron chi connectivity index (χ0n) is 9.89. The minimum absolute atomic E-state index is 0.0197. The standard InChI is InChI=1S/C13H19NO2/c1-3-14(4-2)12(10-13(15)16)11-8-6-5-7-9-11/h5-9,12H,3-4,10H2,1-2H3,(H,15,16). The molecule has 0 aliphatic heterocycles. The SMILES string of the molecule is CCN(CC)C(CC(=O)O)c1ccccc1. The second-order valence-corrected chi connectivity index (χ2v) is 3.75. The van der Waals surface area contributed by atoms with Gasteiger partial charge in [0.05, 0.1) is 6.42 Å². The molecule has 0 amide bonds. The molecule has 3 nitrogen and oxygen atoms in total. The fraction of sp³-hybridized carbons (Fsp3) is 0.462.